The predicted molar refractivity (Wildman–Crippen MR) is 34.0 cm³/mol. The normalized spacial score (nSPS) is 12.0. The fourth-order valence-corrected chi connectivity index (χ4v) is 0.318. The molecular formula is C5H12N2O. The Hall–Kier alpha value is -0.570. The lowest BCUT2D eigenvalue weighted by molar-refractivity contribution is 0.207. The molecule has 0 aromatic carbocycles. The Labute approximate surface area is 49.5 Å². The molecule has 8 heavy (non-hydrogen) atoms. The van der Waals surface area contributed by atoms with E-state index in [0.717, 1.165) is 6.42 Å². The third-order valence-electron chi connectivity index (χ3n) is 0.850. The van der Waals surface area contributed by atoms with Gasteiger partial charge in [0.2, 0.25) is 0 Å². The van der Waals surface area contributed by atoms with Gasteiger partial charge < -0.3 is 10.5 Å². The zero-order valence-electron chi connectivity index (χ0n) is 5.35. The topological polar surface area (TPSA) is 47.6 Å². The van der Waals surface area contributed by atoms with E-state index in [2.05, 4.69) is 4.99 Å². The first-order valence-corrected chi connectivity index (χ1v) is 2.51. The van der Waals surface area contributed by atoms with Gasteiger partial charge in [-0.25, -0.2) is 0 Å². The molecule has 0 heterocycles. The number of aliphatic imine (C=N–C) groups is 1. The van der Waals surface area contributed by atoms with Crippen molar-refractivity contribution < 1.29 is 4.74 Å². The van der Waals surface area contributed by atoms with E-state index in [1.807, 2.05) is 0 Å². The van der Waals surface area contributed by atoms with E-state index in [9.17, 15) is 0 Å². The first-order valence-electron chi connectivity index (χ1n) is 2.51. The van der Waals surface area contributed by atoms with Gasteiger partial charge in [0.1, 0.15) is 0 Å². The van der Waals surface area contributed by atoms with E-state index in [-0.39, 0.29) is 0 Å². The molecule has 0 aliphatic carbocycles. The fourth-order valence-electron chi connectivity index (χ4n) is 0.318. The second-order valence-corrected chi connectivity index (χ2v) is 1.46. The van der Waals surface area contributed by atoms with Crippen molar-refractivity contribution in [3.8, 4) is 0 Å². The first-order chi connectivity index (χ1) is 3.81. The van der Waals surface area contributed by atoms with Gasteiger partial charge in [0.25, 0.3) is 0 Å². The average Bonchev–Trinajstić information content (AvgIpc) is 1.83. The number of hydrogen-bond acceptors (Lipinski definition) is 2. The van der Waals surface area contributed by atoms with Crippen molar-refractivity contribution in [3.05, 3.63) is 0 Å². The Morgan fingerprint density at radius 1 is 1.75 bits per heavy atom. The molecule has 2 N–H and O–H groups in total. The lowest BCUT2D eigenvalue weighted by Gasteiger charge is -1.95. The van der Waals surface area contributed by atoms with Gasteiger partial charge in [0, 0.05) is 20.6 Å². The molecule has 0 radical (unpaired) electrons. The van der Waals surface area contributed by atoms with Gasteiger partial charge in [-0.1, -0.05) is 0 Å². The molecule has 0 aliphatic rings. The van der Waals surface area contributed by atoms with Crippen molar-refractivity contribution in [1.29, 1.82) is 0 Å². The molecule has 0 saturated carbocycles. The van der Waals surface area contributed by atoms with E-state index in [1.165, 1.54) is 0 Å². The predicted octanol–water partition coefficient (Wildman–Crippen LogP) is 0.00990. The summed E-state index contributed by atoms with van der Waals surface area (Å²) in [5.74, 6) is 0.645. The zero-order valence-corrected chi connectivity index (χ0v) is 5.35. The third kappa shape index (κ3) is 3.61. The number of methoxy groups -OCH3 is 1. The number of ether oxygens (including phenoxy) is 1. The molecule has 3 heteroatoms. The average molecular weight is 116 g/mol. The van der Waals surface area contributed by atoms with Crippen LogP contribution < -0.4 is 5.73 Å². The molecule has 0 unspecified atom stereocenters. The Bertz CT molecular complexity index is 80.5. The summed E-state index contributed by atoms with van der Waals surface area (Å²) in [6.45, 7) is 0.656. The molecule has 0 bridgehead atoms. The van der Waals surface area contributed by atoms with Crippen molar-refractivity contribution in [2.45, 2.75) is 6.42 Å². The highest BCUT2D eigenvalue weighted by molar-refractivity contribution is 5.80. The maximum Gasteiger partial charge on any atom is 0.0956 e. The van der Waals surface area contributed by atoms with Crippen LogP contribution >= 0.6 is 0 Å². The second-order valence-electron chi connectivity index (χ2n) is 1.46. The van der Waals surface area contributed by atoms with Gasteiger partial charge in [-0.15, -0.1) is 0 Å². The Morgan fingerprint density at radius 2 is 2.38 bits per heavy atom. The van der Waals surface area contributed by atoms with Crippen LogP contribution in [0.2, 0.25) is 0 Å². The molecule has 0 amide bonds. The van der Waals surface area contributed by atoms with Crippen molar-refractivity contribution in [2.24, 2.45) is 10.7 Å². The molecule has 0 spiro atoms. The molecule has 0 aromatic rings. The minimum absolute atomic E-state index is 0.645. The van der Waals surface area contributed by atoms with Gasteiger partial charge in [-0.3, -0.25) is 4.99 Å². The molecule has 3 nitrogen and oxygen atoms in total. The van der Waals surface area contributed by atoms with Gasteiger partial charge in [0.05, 0.1) is 12.4 Å². The van der Waals surface area contributed by atoms with Crippen LogP contribution in [0.1, 0.15) is 6.42 Å². The summed E-state index contributed by atoms with van der Waals surface area (Å²) in [7, 11) is 3.31. The van der Waals surface area contributed by atoms with E-state index in [4.69, 9.17) is 10.5 Å². The lowest BCUT2D eigenvalue weighted by atomic mass is 10.4. The first kappa shape index (κ1) is 7.43. The third-order valence-corrected chi connectivity index (χ3v) is 0.850. The summed E-state index contributed by atoms with van der Waals surface area (Å²) in [4.78, 5) is 3.74. The summed E-state index contributed by atoms with van der Waals surface area (Å²) in [6, 6.07) is 0. The summed E-state index contributed by atoms with van der Waals surface area (Å²) in [5, 5.41) is 0. The van der Waals surface area contributed by atoms with E-state index in [0.29, 0.717) is 12.4 Å². The molecule has 48 valence electrons. The highest BCUT2D eigenvalue weighted by Crippen LogP contribution is 1.78. The highest BCUT2D eigenvalue weighted by atomic mass is 16.5. The van der Waals surface area contributed by atoms with Crippen LogP contribution in [0, 0.1) is 0 Å². The van der Waals surface area contributed by atoms with Gasteiger partial charge in [-0.05, 0) is 0 Å². The van der Waals surface area contributed by atoms with Crippen molar-refractivity contribution in [3.63, 3.8) is 0 Å². The van der Waals surface area contributed by atoms with Crippen molar-refractivity contribution in [2.75, 3.05) is 20.8 Å². The number of nitrogens with two attached hydrogens (primary N) is 1. The van der Waals surface area contributed by atoms with Gasteiger partial charge >= 0.3 is 0 Å². The van der Waals surface area contributed by atoms with E-state index in [1.54, 1.807) is 14.2 Å². The lowest BCUT2D eigenvalue weighted by Crippen LogP contribution is -2.13. The van der Waals surface area contributed by atoms with Crippen molar-refractivity contribution >= 4 is 5.84 Å². The second kappa shape index (κ2) is 4.59. The number of hydrogen-bond donors (Lipinski definition) is 1. The van der Waals surface area contributed by atoms with Gasteiger partial charge in [0.15, 0.2) is 0 Å². The van der Waals surface area contributed by atoms with Crippen LogP contribution in [0.3, 0.4) is 0 Å². The van der Waals surface area contributed by atoms with Crippen LogP contribution in [0.4, 0.5) is 0 Å². The van der Waals surface area contributed by atoms with E-state index < -0.39 is 0 Å². The molecule has 0 rings (SSSR count). The van der Waals surface area contributed by atoms with Crippen LogP contribution in [0.5, 0.6) is 0 Å². The SMILES string of the molecule is C/N=C(\N)CCOC. The standard InChI is InChI=1S/C5H12N2O/c1-7-5(6)3-4-8-2/h3-4H2,1-2H3,(H2,6,7). The number of amidine groups is 1. The minimum Gasteiger partial charge on any atom is -0.387 e. The molecule has 0 fully saturated rings. The zero-order chi connectivity index (χ0) is 6.41. The van der Waals surface area contributed by atoms with Crippen LogP contribution in [-0.4, -0.2) is 26.6 Å². The molecule has 0 saturated heterocycles. The molecule has 0 aromatic heterocycles. The quantitative estimate of drug-likeness (QED) is 0.417. The fraction of sp³-hybridized carbons (Fsp3) is 0.800. The molecular weight excluding hydrogens is 104 g/mol. The maximum atomic E-state index is 5.33. The summed E-state index contributed by atoms with van der Waals surface area (Å²) < 4.78 is 4.75. The Morgan fingerprint density at radius 3 is 2.75 bits per heavy atom. The van der Waals surface area contributed by atoms with Crippen LogP contribution in [-0.2, 0) is 4.74 Å². The maximum absolute atomic E-state index is 5.33. The van der Waals surface area contributed by atoms with Crippen LogP contribution in [0.15, 0.2) is 4.99 Å². The Balaban J connectivity index is 3.12. The van der Waals surface area contributed by atoms with Crippen molar-refractivity contribution in [1.82, 2.24) is 0 Å². The Kier molecular flexibility index (Phi) is 4.26. The largest absolute Gasteiger partial charge is 0.387 e. The van der Waals surface area contributed by atoms with Gasteiger partial charge in [-0.2, -0.15) is 0 Å². The smallest absolute Gasteiger partial charge is 0.0956 e. The number of rotatable bonds is 3. The number of nitrogens with zero attached hydrogens (tertiary/aromatic N) is 1. The molecule has 0 atom stereocenters. The summed E-state index contributed by atoms with van der Waals surface area (Å²) >= 11 is 0. The monoisotopic (exact) mass is 116 g/mol. The summed E-state index contributed by atoms with van der Waals surface area (Å²) in [6.07, 6.45) is 0.729. The van der Waals surface area contributed by atoms with E-state index >= 15 is 0 Å². The molecule has 0 aliphatic heterocycles. The minimum atomic E-state index is 0.645. The summed E-state index contributed by atoms with van der Waals surface area (Å²) in [5.41, 5.74) is 5.33. The van der Waals surface area contributed by atoms with Crippen LogP contribution in [0.25, 0.3) is 0 Å². The highest BCUT2D eigenvalue weighted by Gasteiger charge is 1.86.